The van der Waals surface area contributed by atoms with Gasteiger partial charge in [0.15, 0.2) is 5.78 Å². The molecule has 1 aliphatic rings. The second-order valence-corrected chi connectivity index (χ2v) is 6.50. The van der Waals surface area contributed by atoms with Gasteiger partial charge in [-0.05, 0) is 47.3 Å². The first kappa shape index (κ1) is 14.7. The minimum absolute atomic E-state index is 0.00686. The highest BCUT2D eigenvalue weighted by Gasteiger charge is 2.27. The van der Waals surface area contributed by atoms with E-state index in [1.54, 1.807) is 18.2 Å². The summed E-state index contributed by atoms with van der Waals surface area (Å²) < 4.78 is 0. The Kier molecular flexibility index (Phi) is 3.46. The van der Waals surface area contributed by atoms with Gasteiger partial charge >= 0.3 is 0 Å². The fourth-order valence-electron chi connectivity index (χ4n) is 2.62. The zero-order valence-electron chi connectivity index (χ0n) is 12.8. The second-order valence-electron chi connectivity index (χ2n) is 5.56. The number of thiophene rings is 1. The van der Waals surface area contributed by atoms with Gasteiger partial charge in [0.05, 0.1) is 10.8 Å². The zero-order chi connectivity index (χ0) is 16.7. The normalized spacial score (nSPS) is 16.0. The smallest absolute Gasteiger partial charge is 0.231 e. The number of nitrogens with one attached hydrogen (secondary N) is 1. The number of anilines is 1. The molecule has 1 atom stereocenters. The van der Waals surface area contributed by atoms with Crippen molar-refractivity contribution in [3.05, 3.63) is 46.8 Å². The monoisotopic (exact) mass is 339 g/mol. The summed E-state index contributed by atoms with van der Waals surface area (Å²) in [5, 5.41) is 16.9. The highest BCUT2D eigenvalue weighted by atomic mass is 32.1. The molecule has 3 aromatic rings. The molecule has 24 heavy (non-hydrogen) atoms. The van der Waals surface area contributed by atoms with Gasteiger partial charge in [0.2, 0.25) is 11.7 Å². The molecule has 3 heterocycles. The van der Waals surface area contributed by atoms with E-state index in [1.807, 2.05) is 24.4 Å². The van der Waals surface area contributed by atoms with Crippen LogP contribution in [-0.4, -0.2) is 31.9 Å². The van der Waals surface area contributed by atoms with Gasteiger partial charge in [0.1, 0.15) is 6.54 Å². The third kappa shape index (κ3) is 2.50. The summed E-state index contributed by atoms with van der Waals surface area (Å²) in [5.41, 5.74) is 2.15. The van der Waals surface area contributed by atoms with Crippen molar-refractivity contribution in [2.75, 3.05) is 5.32 Å². The maximum atomic E-state index is 12.5. The van der Waals surface area contributed by atoms with Crippen LogP contribution in [0, 0.1) is 0 Å². The largest absolute Gasteiger partial charge is 0.325 e. The molecule has 1 aliphatic heterocycles. The predicted octanol–water partition coefficient (Wildman–Crippen LogP) is 2.34. The summed E-state index contributed by atoms with van der Waals surface area (Å²) in [6, 6.07) is 9.04. The van der Waals surface area contributed by atoms with Gasteiger partial charge in [-0.3, -0.25) is 9.59 Å². The van der Waals surface area contributed by atoms with Gasteiger partial charge in [0.25, 0.3) is 0 Å². The van der Waals surface area contributed by atoms with Gasteiger partial charge in [-0.2, -0.15) is 4.80 Å². The number of carbonyl (C=O) groups is 2. The van der Waals surface area contributed by atoms with Gasteiger partial charge < -0.3 is 5.32 Å². The van der Waals surface area contributed by atoms with E-state index in [-0.39, 0.29) is 24.2 Å². The molecule has 0 spiro atoms. The molecule has 1 amide bonds. The van der Waals surface area contributed by atoms with Crippen LogP contribution in [0.25, 0.3) is 10.7 Å². The SMILES string of the molecule is C[C@H]1C(=O)Nc2ccc(C(=O)Cn3nnc(-c4cccs4)n3)cc21. The predicted molar refractivity (Wildman–Crippen MR) is 88.9 cm³/mol. The highest BCUT2D eigenvalue weighted by molar-refractivity contribution is 7.13. The molecule has 0 fully saturated rings. The summed E-state index contributed by atoms with van der Waals surface area (Å²) in [5.74, 6) is 0.0884. The summed E-state index contributed by atoms with van der Waals surface area (Å²) in [6.07, 6.45) is 0. The molecule has 120 valence electrons. The van der Waals surface area contributed by atoms with Gasteiger partial charge in [-0.1, -0.05) is 6.07 Å². The van der Waals surface area contributed by atoms with E-state index in [4.69, 9.17) is 0 Å². The topological polar surface area (TPSA) is 89.8 Å². The number of amides is 1. The third-order valence-corrected chi connectivity index (χ3v) is 4.84. The van der Waals surface area contributed by atoms with Crippen LogP contribution < -0.4 is 5.32 Å². The molecule has 1 aromatic carbocycles. The lowest BCUT2D eigenvalue weighted by Crippen LogP contribution is -2.13. The maximum absolute atomic E-state index is 12.5. The molecule has 0 saturated carbocycles. The molecular weight excluding hydrogens is 326 g/mol. The van der Waals surface area contributed by atoms with Crippen molar-refractivity contribution in [1.29, 1.82) is 0 Å². The number of hydrogen-bond acceptors (Lipinski definition) is 6. The number of ketones is 1. The first-order valence-electron chi connectivity index (χ1n) is 7.41. The van der Waals surface area contributed by atoms with Crippen LogP contribution >= 0.6 is 11.3 Å². The molecule has 0 aliphatic carbocycles. The molecular formula is C16H13N5O2S. The van der Waals surface area contributed by atoms with Gasteiger partial charge in [-0.15, -0.1) is 21.5 Å². The summed E-state index contributed by atoms with van der Waals surface area (Å²) in [6.45, 7) is 1.83. The molecule has 8 heteroatoms. The first-order chi connectivity index (χ1) is 11.6. The van der Waals surface area contributed by atoms with Crippen LogP contribution in [0.15, 0.2) is 35.7 Å². The number of nitrogens with zero attached hydrogens (tertiary/aromatic N) is 4. The Morgan fingerprint density at radius 3 is 3.04 bits per heavy atom. The number of carbonyl (C=O) groups excluding carboxylic acids is 2. The Hall–Kier alpha value is -2.87. The molecule has 2 aromatic heterocycles. The van der Waals surface area contributed by atoms with Crippen LogP contribution in [0.4, 0.5) is 5.69 Å². The van der Waals surface area contributed by atoms with Crippen molar-refractivity contribution >= 4 is 28.7 Å². The highest BCUT2D eigenvalue weighted by Crippen LogP contribution is 2.32. The number of fused-ring (bicyclic) bond motifs is 1. The van der Waals surface area contributed by atoms with E-state index < -0.39 is 0 Å². The van der Waals surface area contributed by atoms with Gasteiger partial charge in [-0.25, -0.2) is 0 Å². The average Bonchev–Trinajstić information content (AvgIpc) is 3.29. The first-order valence-corrected chi connectivity index (χ1v) is 8.29. The lowest BCUT2D eigenvalue weighted by atomic mass is 9.99. The molecule has 0 unspecified atom stereocenters. The molecule has 7 nitrogen and oxygen atoms in total. The van der Waals surface area contributed by atoms with Crippen molar-refractivity contribution in [1.82, 2.24) is 20.2 Å². The van der Waals surface area contributed by atoms with E-state index in [0.29, 0.717) is 11.4 Å². The minimum Gasteiger partial charge on any atom is -0.325 e. The van der Waals surface area contributed by atoms with Crippen molar-refractivity contribution < 1.29 is 9.59 Å². The van der Waals surface area contributed by atoms with Crippen LogP contribution in [0.2, 0.25) is 0 Å². The quantitative estimate of drug-likeness (QED) is 0.737. The Morgan fingerprint density at radius 1 is 1.38 bits per heavy atom. The lowest BCUT2D eigenvalue weighted by molar-refractivity contribution is -0.116. The fourth-order valence-corrected chi connectivity index (χ4v) is 3.27. The summed E-state index contributed by atoms with van der Waals surface area (Å²) in [4.78, 5) is 26.4. The zero-order valence-corrected chi connectivity index (χ0v) is 13.6. The van der Waals surface area contributed by atoms with Crippen molar-refractivity contribution in [2.45, 2.75) is 19.4 Å². The van der Waals surface area contributed by atoms with E-state index >= 15 is 0 Å². The van der Waals surface area contributed by atoms with Crippen molar-refractivity contribution in [3.8, 4) is 10.7 Å². The van der Waals surface area contributed by atoms with Crippen LogP contribution in [0.5, 0.6) is 0 Å². The van der Waals surface area contributed by atoms with Crippen molar-refractivity contribution in [3.63, 3.8) is 0 Å². The van der Waals surface area contributed by atoms with Crippen LogP contribution in [-0.2, 0) is 11.3 Å². The van der Waals surface area contributed by atoms with E-state index in [2.05, 4.69) is 20.7 Å². The maximum Gasteiger partial charge on any atom is 0.231 e. The molecule has 0 radical (unpaired) electrons. The number of tetrazole rings is 1. The van der Waals surface area contributed by atoms with E-state index in [9.17, 15) is 9.59 Å². The summed E-state index contributed by atoms with van der Waals surface area (Å²) >= 11 is 1.52. The molecule has 0 saturated heterocycles. The number of aromatic nitrogens is 4. The van der Waals surface area contributed by atoms with Crippen molar-refractivity contribution in [2.24, 2.45) is 0 Å². The molecule has 0 bridgehead atoms. The minimum atomic E-state index is -0.248. The van der Waals surface area contributed by atoms with Crippen LogP contribution in [0.3, 0.4) is 0 Å². The number of Topliss-reactive ketones (excluding diaryl/α,β-unsaturated/α-hetero) is 1. The Labute approximate surface area is 141 Å². The summed E-state index contributed by atoms with van der Waals surface area (Å²) in [7, 11) is 0. The number of benzene rings is 1. The van der Waals surface area contributed by atoms with Crippen LogP contribution in [0.1, 0.15) is 28.8 Å². The molecule has 1 N–H and O–H groups in total. The fraction of sp³-hybridized carbons (Fsp3) is 0.188. The Morgan fingerprint density at radius 2 is 2.25 bits per heavy atom. The van der Waals surface area contributed by atoms with E-state index in [1.165, 1.54) is 16.1 Å². The lowest BCUT2D eigenvalue weighted by Gasteiger charge is -2.05. The Balaban J connectivity index is 1.54. The molecule has 4 rings (SSSR count). The Bertz CT molecular complexity index is 932. The standard InChI is InChI=1S/C16H13N5O2S/c1-9-11-7-10(4-5-12(11)17-16(9)23)13(22)8-21-19-15(18-20-21)14-3-2-6-24-14/h2-7,9H,8H2,1H3,(H,17,23)/t9-/m1/s1. The van der Waals surface area contributed by atoms with E-state index in [0.717, 1.165) is 16.1 Å². The third-order valence-electron chi connectivity index (χ3n) is 3.97. The second kappa shape index (κ2) is 5.64. The number of hydrogen-bond donors (Lipinski definition) is 1. The van der Waals surface area contributed by atoms with Gasteiger partial charge in [0, 0.05) is 11.3 Å². The average molecular weight is 339 g/mol. The number of rotatable bonds is 4.